The number of aliphatic hydroxyl groups excluding tert-OH is 3. The topological polar surface area (TPSA) is 178 Å². The fraction of sp³-hybridized carbons (Fsp3) is 0.452. The standard InChI is InChI=1S/C42H51ClN4O8/c1-28-8-4-5-9-34(28)35-10-6-12-42(29(35)2,55-15-7-13-47-14-11-32(24-48)37(50)23-47)27-54-39-18-38(53-25-31-16-30(19-44)20-45-21-31)33(17-36(39)43)22-46-41(3,26-49)40(51)52/h4-6,8-10,12,16-18,20-21,29,32,37,46,48-50H,7,11,13-15,22-27H2,1-3H3,(H,51,52)/t29?,32-,37-,41?,42?/m1/s1. The molecule has 1 aliphatic heterocycles. The predicted octanol–water partition coefficient (Wildman–Crippen LogP) is 4.91. The number of aliphatic hydroxyl groups is 3. The number of aromatic nitrogens is 1. The Morgan fingerprint density at radius 2 is 1.98 bits per heavy atom. The van der Waals surface area contributed by atoms with Crippen molar-refractivity contribution in [2.24, 2.45) is 11.8 Å². The molecular formula is C42H51ClN4O8. The number of halogens is 1. The summed E-state index contributed by atoms with van der Waals surface area (Å²) in [7, 11) is 0. The lowest BCUT2D eigenvalue weighted by molar-refractivity contribution is -0.145. The fourth-order valence-corrected chi connectivity index (χ4v) is 7.15. The maximum absolute atomic E-state index is 11.9. The summed E-state index contributed by atoms with van der Waals surface area (Å²) >= 11 is 6.86. The average molecular weight is 775 g/mol. The van der Waals surface area contributed by atoms with Crippen LogP contribution in [0.1, 0.15) is 54.5 Å². The molecule has 2 aliphatic rings. The number of nitrogens with one attached hydrogen (secondary N) is 1. The third-order valence-electron chi connectivity index (χ3n) is 10.7. The molecule has 0 amide bonds. The van der Waals surface area contributed by atoms with Crippen molar-refractivity contribution < 1.29 is 39.4 Å². The molecule has 2 heterocycles. The summed E-state index contributed by atoms with van der Waals surface area (Å²) < 4.78 is 19.6. The van der Waals surface area contributed by atoms with E-state index in [0.717, 1.165) is 36.2 Å². The molecule has 0 bridgehead atoms. The van der Waals surface area contributed by atoms with Crippen molar-refractivity contribution in [2.45, 2.75) is 64.0 Å². The summed E-state index contributed by atoms with van der Waals surface area (Å²) in [6.45, 7) is 7.56. The molecule has 1 saturated heterocycles. The quantitative estimate of drug-likeness (QED) is 0.111. The van der Waals surface area contributed by atoms with Gasteiger partial charge in [-0.05, 0) is 68.1 Å². The molecule has 55 heavy (non-hydrogen) atoms. The summed E-state index contributed by atoms with van der Waals surface area (Å²) in [5, 5.41) is 52.1. The molecule has 5 rings (SSSR count). The number of likely N-dealkylation sites (tertiary alicyclic amines) is 1. The predicted molar refractivity (Wildman–Crippen MR) is 209 cm³/mol. The Morgan fingerprint density at radius 3 is 2.69 bits per heavy atom. The minimum absolute atomic E-state index is 0.00127. The van der Waals surface area contributed by atoms with Crippen LogP contribution in [0.25, 0.3) is 5.57 Å². The first-order valence-corrected chi connectivity index (χ1v) is 18.9. The monoisotopic (exact) mass is 774 g/mol. The molecule has 13 heteroatoms. The molecule has 0 saturated carbocycles. The number of allylic oxidation sites excluding steroid dienone is 2. The molecule has 0 spiro atoms. The van der Waals surface area contributed by atoms with Crippen LogP contribution >= 0.6 is 11.6 Å². The van der Waals surface area contributed by atoms with E-state index in [9.17, 15) is 30.5 Å². The molecule has 2 aromatic carbocycles. The van der Waals surface area contributed by atoms with Gasteiger partial charge in [0.15, 0.2) is 0 Å². The summed E-state index contributed by atoms with van der Waals surface area (Å²) in [6.07, 6.45) is 10.1. The van der Waals surface area contributed by atoms with Crippen LogP contribution < -0.4 is 14.8 Å². The molecule has 1 aliphatic carbocycles. The Bertz CT molecular complexity index is 1900. The number of hydrogen-bond acceptors (Lipinski definition) is 11. The Morgan fingerprint density at radius 1 is 1.18 bits per heavy atom. The van der Waals surface area contributed by atoms with E-state index in [0.29, 0.717) is 47.8 Å². The van der Waals surface area contributed by atoms with Crippen molar-refractivity contribution in [3.05, 3.63) is 106 Å². The van der Waals surface area contributed by atoms with Crippen molar-refractivity contribution in [2.75, 3.05) is 46.1 Å². The second kappa shape index (κ2) is 19.0. The van der Waals surface area contributed by atoms with Crippen LogP contribution in [0.2, 0.25) is 5.02 Å². The molecule has 5 atom stereocenters. The Labute approximate surface area is 327 Å². The van der Waals surface area contributed by atoms with Crippen LogP contribution in [-0.2, 0) is 22.7 Å². The second-order valence-electron chi connectivity index (χ2n) is 14.6. The molecular weight excluding hydrogens is 724 g/mol. The number of rotatable bonds is 18. The number of carboxylic acid groups (broad SMARTS) is 1. The van der Waals surface area contributed by atoms with E-state index in [1.54, 1.807) is 24.4 Å². The van der Waals surface area contributed by atoms with E-state index < -0.39 is 29.8 Å². The zero-order valence-electron chi connectivity index (χ0n) is 31.6. The zero-order chi connectivity index (χ0) is 39.6. The Hall–Kier alpha value is -4.32. The number of hydrogen-bond donors (Lipinski definition) is 5. The van der Waals surface area contributed by atoms with Gasteiger partial charge >= 0.3 is 5.97 Å². The van der Waals surface area contributed by atoms with E-state index in [4.69, 9.17) is 25.8 Å². The number of carbonyl (C=O) groups is 1. The van der Waals surface area contributed by atoms with Gasteiger partial charge in [-0.1, -0.05) is 54.9 Å². The second-order valence-corrected chi connectivity index (χ2v) is 15.0. The van der Waals surface area contributed by atoms with E-state index >= 15 is 0 Å². The number of benzene rings is 2. The largest absolute Gasteiger partial charge is 0.489 e. The minimum atomic E-state index is -1.62. The Balaban J connectivity index is 1.39. The van der Waals surface area contributed by atoms with Crippen LogP contribution in [0.15, 0.2) is 73.1 Å². The van der Waals surface area contributed by atoms with Gasteiger partial charge in [-0.25, -0.2) is 0 Å². The van der Waals surface area contributed by atoms with Crippen molar-refractivity contribution >= 4 is 23.1 Å². The first-order chi connectivity index (χ1) is 26.4. The highest BCUT2D eigenvalue weighted by atomic mass is 35.5. The number of nitriles is 1. The van der Waals surface area contributed by atoms with Gasteiger partial charge in [-0.15, -0.1) is 0 Å². The van der Waals surface area contributed by atoms with Crippen molar-refractivity contribution in [1.29, 1.82) is 5.26 Å². The number of aliphatic carboxylic acids is 1. The van der Waals surface area contributed by atoms with Crippen molar-refractivity contribution in [1.82, 2.24) is 15.2 Å². The lowest BCUT2D eigenvalue weighted by atomic mass is 9.76. The first kappa shape index (κ1) is 41.8. The number of aryl methyl sites for hydroxylation is 1. The van der Waals surface area contributed by atoms with Gasteiger partial charge in [0.05, 0.1) is 23.3 Å². The van der Waals surface area contributed by atoms with Gasteiger partial charge in [0.2, 0.25) is 0 Å². The van der Waals surface area contributed by atoms with Crippen LogP contribution in [0, 0.1) is 30.1 Å². The average Bonchev–Trinajstić information content (AvgIpc) is 3.19. The van der Waals surface area contributed by atoms with Gasteiger partial charge in [0.1, 0.15) is 41.9 Å². The highest BCUT2D eigenvalue weighted by Gasteiger charge is 2.41. The van der Waals surface area contributed by atoms with Gasteiger partial charge in [-0.3, -0.25) is 15.1 Å². The van der Waals surface area contributed by atoms with Crippen LogP contribution in [0.4, 0.5) is 0 Å². The lowest BCUT2D eigenvalue weighted by Crippen LogP contribution is -2.52. The Kier molecular flexibility index (Phi) is 14.5. The SMILES string of the molecule is Cc1ccccc1C1=CC=CC(COc2cc(OCc3cncc(C#N)c3)c(CNC(C)(CO)C(=O)O)cc2Cl)(OCCCN2CC[C@H](CO)[C@H](O)C2)C1C. The van der Waals surface area contributed by atoms with Gasteiger partial charge in [0.25, 0.3) is 0 Å². The molecule has 0 radical (unpaired) electrons. The maximum atomic E-state index is 11.9. The zero-order valence-corrected chi connectivity index (χ0v) is 32.3. The number of carboxylic acids is 1. The fourth-order valence-electron chi connectivity index (χ4n) is 6.91. The highest BCUT2D eigenvalue weighted by molar-refractivity contribution is 6.32. The molecule has 5 N–H and O–H groups in total. The van der Waals surface area contributed by atoms with E-state index in [1.807, 2.05) is 24.3 Å². The number of ether oxygens (including phenoxy) is 3. The summed E-state index contributed by atoms with van der Waals surface area (Å²) in [5.41, 5.74) is 2.41. The molecule has 3 unspecified atom stereocenters. The summed E-state index contributed by atoms with van der Waals surface area (Å²) in [6, 6.07) is 15.3. The summed E-state index contributed by atoms with van der Waals surface area (Å²) in [4.78, 5) is 18.2. The van der Waals surface area contributed by atoms with Gasteiger partial charge in [-0.2, -0.15) is 5.26 Å². The van der Waals surface area contributed by atoms with E-state index in [-0.39, 0.29) is 43.2 Å². The smallest absolute Gasteiger partial charge is 0.326 e. The van der Waals surface area contributed by atoms with Gasteiger partial charge < -0.3 is 39.5 Å². The van der Waals surface area contributed by atoms with Gasteiger partial charge in [0, 0.05) is 74.3 Å². The summed E-state index contributed by atoms with van der Waals surface area (Å²) in [5.74, 6) is -0.761. The van der Waals surface area contributed by atoms with E-state index in [1.165, 1.54) is 13.1 Å². The highest BCUT2D eigenvalue weighted by Crippen LogP contribution is 2.41. The third kappa shape index (κ3) is 10.3. The molecule has 3 aromatic rings. The number of nitrogens with zero attached hydrogens (tertiary/aromatic N) is 3. The number of pyridine rings is 1. The number of β-amino-alcohol motifs (C(OH)–C–C–N with tert-alkyl or cyclic N) is 1. The first-order valence-electron chi connectivity index (χ1n) is 18.5. The van der Waals surface area contributed by atoms with Crippen LogP contribution in [-0.4, -0.2) is 99.6 Å². The maximum Gasteiger partial charge on any atom is 0.326 e. The van der Waals surface area contributed by atoms with Crippen LogP contribution in [0.3, 0.4) is 0 Å². The molecule has 12 nitrogen and oxygen atoms in total. The normalized spacial score (nSPS) is 22.4. The lowest BCUT2D eigenvalue weighted by Gasteiger charge is -2.40. The molecule has 1 aromatic heterocycles. The van der Waals surface area contributed by atoms with Crippen LogP contribution in [0.5, 0.6) is 11.5 Å². The molecule has 1 fully saturated rings. The molecule has 294 valence electrons. The number of piperidine rings is 1. The minimum Gasteiger partial charge on any atom is -0.489 e. The van der Waals surface area contributed by atoms with E-state index in [2.05, 4.69) is 53.3 Å². The van der Waals surface area contributed by atoms with Crippen molar-refractivity contribution in [3.63, 3.8) is 0 Å². The van der Waals surface area contributed by atoms with Crippen molar-refractivity contribution in [3.8, 4) is 17.6 Å². The third-order valence-corrected chi connectivity index (χ3v) is 11.0.